The standard InChI is InChI=1S/C26H29N3O4/c1-5-33-22(31)17-11-13-18(14-12-17)27-23(32)26-16-15-25(4,24(26,2)3)20(21(26)30)29-28-19-9-7-6-8-10-19/h6-14,28H,5,15-16H2,1-4H3,(H,27,32)/b29-20+. The van der Waals surface area contributed by atoms with Gasteiger partial charge >= 0.3 is 5.97 Å². The normalized spacial score (nSPS) is 26.3. The lowest BCUT2D eigenvalue weighted by atomic mass is 9.64. The van der Waals surface area contributed by atoms with Crippen molar-refractivity contribution in [3.05, 3.63) is 60.2 Å². The number of esters is 1. The predicted octanol–water partition coefficient (Wildman–Crippen LogP) is 4.67. The van der Waals surface area contributed by atoms with Crippen LogP contribution in [0.5, 0.6) is 0 Å². The van der Waals surface area contributed by atoms with Gasteiger partial charge in [0.2, 0.25) is 5.91 Å². The Bertz CT molecular complexity index is 1120. The van der Waals surface area contributed by atoms with Gasteiger partial charge < -0.3 is 10.1 Å². The molecule has 2 aromatic rings. The van der Waals surface area contributed by atoms with E-state index in [1.807, 2.05) is 51.1 Å². The first-order valence-electron chi connectivity index (χ1n) is 11.2. The van der Waals surface area contributed by atoms with Gasteiger partial charge in [0.25, 0.3) is 0 Å². The minimum absolute atomic E-state index is 0.231. The number of hydrogen-bond donors (Lipinski definition) is 2. The van der Waals surface area contributed by atoms with Crippen LogP contribution >= 0.6 is 0 Å². The van der Waals surface area contributed by atoms with Crippen LogP contribution in [0.4, 0.5) is 11.4 Å². The third-order valence-electron chi connectivity index (χ3n) is 7.68. The maximum Gasteiger partial charge on any atom is 0.338 e. The fourth-order valence-electron chi connectivity index (χ4n) is 5.25. The Morgan fingerprint density at radius 1 is 0.970 bits per heavy atom. The number of amides is 1. The maximum absolute atomic E-state index is 13.7. The van der Waals surface area contributed by atoms with E-state index in [4.69, 9.17) is 4.74 Å². The second-order valence-electron chi connectivity index (χ2n) is 9.38. The number of nitrogens with one attached hydrogen (secondary N) is 2. The summed E-state index contributed by atoms with van der Waals surface area (Å²) in [5, 5.41) is 7.40. The molecule has 0 radical (unpaired) electrons. The summed E-state index contributed by atoms with van der Waals surface area (Å²) in [4.78, 5) is 39.2. The van der Waals surface area contributed by atoms with E-state index >= 15 is 0 Å². The van der Waals surface area contributed by atoms with Crippen LogP contribution in [0.2, 0.25) is 0 Å². The van der Waals surface area contributed by atoms with Crippen LogP contribution in [0.15, 0.2) is 59.7 Å². The number of benzene rings is 2. The molecule has 2 atom stereocenters. The van der Waals surface area contributed by atoms with Crippen molar-refractivity contribution in [2.45, 2.75) is 40.5 Å². The zero-order valence-corrected chi connectivity index (χ0v) is 19.4. The highest BCUT2D eigenvalue weighted by atomic mass is 16.5. The summed E-state index contributed by atoms with van der Waals surface area (Å²) in [6.07, 6.45) is 1.16. The summed E-state index contributed by atoms with van der Waals surface area (Å²) < 4.78 is 5.00. The topological polar surface area (TPSA) is 96.9 Å². The van der Waals surface area contributed by atoms with Crippen LogP contribution in [-0.2, 0) is 14.3 Å². The number of ether oxygens (including phenoxy) is 1. The molecule has 2 unspecified atom stereocenters. The van der Waals surface area contributed by atoms with Gasteiger partial charge in [0, 0.05) is 11.1 Å². The molecule has 1 amide bonds. The largest absolute Gasteiger partial charge is 0.462 e. The average Bonchev–Trinajstić information content (AvgIpc) is 3.08. The van der Waals surface area contributed by atoms with Gasteiger partial charge in [-0.2, -0.15) is 5.10 Å². The Balaban J connectivity index is 1.60. The summed E-state index contributed by atoms with van der Waals surface area (Å²) in [5.41, 5.74) is 2.74. The van der Waals surface area contributed by atoms with Gasteiger partial charge in [-0.1, -0.05) is 39.0 Å². The number of fused-ring (bicyclic) bond motifs is 2. The predicted molar refractivity (Wildman–Crippen MR) is 127 cm³/mol. The molecular formula is C26H29N3O4. The Hall–Kier alpha value is -3.48. The lowest BCUT2D eigenvalue weighted by molar-refractivity contribution is -0.140. The average molecular weight is 448 g/mol. The second-order valence-corrected chi connectivity index (χ2v) is 9.38. The Kier molecular flexibility index (Phi) is 5.60. The Morgan fingerprint density at radius 2 is 1.64 bits per heavy atom. The van der Waals surface area contributed by atoms with Gasteiger partial charge in [-0.25, -0.2) is 4.79 Å². The Morgan fingerprint density at radius 3 is 2.27 bits per heavy atom. The first kappa shape index (κ1) is 22.7. The molecule has 2 N–H and O–H groups in total. The summed E-state index contributed by atoms with van der Waals surface area (Å²) in [7, 11) is 0. The Labute approximate surface area is 193 Å². The zero-order valence-electron chi connectivity index (χ0n) is 19.4. The number of nitrogens with zero attached hydrogens (tertiary/aromatic N) is 1. The van der Waals surface area contributed by atoms with E-state index in [0.717, 1.165) is 5.69 Å². The molecule has 2 fully saturated rings. The van der Waals surface area contributed by atoms with Crippen molar-refractivity contribution < 1.29 is 19.1 Å². The molecule has 0 heterocycles. The van der Waals surface area contributed by atoms with E-state index < -0.39 is 22.2 Å². The number of Topliss-reactive ketones (excluding diaryl/α,β-unsaturated/α-hetero) is 1. The van der Waals surface area contributed by atoms with E-state index in [-0.39, 0.29) is 11.7 Å². The summed E-state index contributed by atoms with van der Waals surface area (Å²) in [6, 6.07) is 15.9. The van der Waals surface area contributed by atoms with Gasteiger partial charge in [0.05, 0.1) is 17.9 Å². The molecule has 0 saturated heterocycles. The fourth-order valence-corrected chi connectivity index (χ4v) is 5.25. The molecule has 2 aliphatic carbocycles. The van der Waals surface area contributed by atoms with Crippen molar-refractivity contribution in [2.75, 3.05) is 17.3 Å². The van der Waals surface area contributed by atoms with Crippen LogP contribution < -0.4 is 10.7 Å². The second kappa shape index (κ2) is 8.14. The highest BCUT2D eigenvalue weighted by Crippen LogP contribution is 2.69. The lowest BCUT2D eigenvalue weighted by Crippen LogP contribution is -2.47. The molecule has 2 bridgehead atoms. The minimum Gasteiger partial charge on any atom is -0.462 e. The molecule has 4 rings (SSSR count). The summed E-state index contributed by atoms with van der Waals surface area (Å²) in [6.45, 7) is 8.01. The number of carbonyl (C=O) groups is 3. The monoisotopic (exact) mass is 447 g/mol. The van der Waals surface area contributed by atoms with Gasteiger partial charge in [-0.3, -0.25) is 15.0 Å². The molecule has 2 aromatic carbocycles. The van der Waals surface area contributed by atoms with Gasteiger partial charge in [-0.15, -0.1) is 0 Å². The number of hydrogen-bond acceptors (Lipinski definition) is 6. The van der Waals surface area contributed by atoms with Crippen molar-refractivity contribution in [3.63, 3.8) is 0 Å². The third kappa shape index (κ3) is 3.34. The summed E-state index contributed by atoms with van der Waals surface area (Å²) in [5.74, 6) is -0.986. The zero-order chi connectivity index (χ0) is 23.9. The van der Waals surface area contributed by atoms with E-state index in [1.54, 1.807) is 31.2 Å². The van der Waals surface area contributed by atoms with Crippen molar-refractivity contribution in [3.8, 4) is 0 Å². The minimum atomic E-state index is -1.21. The number of anilines is 2. The number of rotatable bonds is 6. The SMILES string of the molecule is CCOC(=O)c1ccc(NC(=O)C23CCC(C)(/C(=N/Nc4ccccc4)C2=O)C3(C)C)cc1. The molecule has 7 heteroatoms. The molecular weight excluding hydrogens is 418 g/mol. The van der Waals surface area contributed by atoms with Crippen LogP contribution in [0.3, 0.4) is 0 Å². The van der Waals surface area contributed by atoms with Gasteiger partial charge in [0.1, 0.15) is 11.1 Å². The molecule has 0 spiro atoms. The molecule has 172 valence electrons. The third-order valence-corrected chi connectivity index (χ3v) is 7.68. The van der Waals surface area contributed by atoms with Gasteiger partial charge in [0.15, 0.2) is 5.78 Å². The smallest absolute Gasteiger partial charge is 0.338 e. The van der Waals surface area contributed by atoms with E-state index in [0.29, 0.717) is 36.4 Å². The highest BCUT2D eigenvalue weighted by Gasteiger charge is 2.76. The number of para-hydroxylation sites is 1. The molecule has 7 nitrogen and oxygen atoms in total. The van der Waals surface area contributed by atoms with Crippen LogP contribution in [0.25, 0.3) is 0 Å². The number of hydrazone groups is 1. The highest BCUT2D eigenvalue weighted by molar-refractivity contribution is 6.51. The van der Waals surface area contributed by atoms with E-state index in [2.05, 4.69) is 15.8 Å². The molecule has 2 aliphatic rings. The van der Waals surface area contributed by atoms with E-state index in [1.165, 1.54) is 0 Å². The van der Waals surface area contributed by atoms with Crippen LogP contribution in [0, 0.1) is 16.2 Å². The molecule has 2 saturated carbocycles. The number of ketones is 1. The van der Waals surface area contributed by atoms with Crippen molar-refractivity contribution in [2.24, 2.45) is 21.3 Å². The van der Waals surface area contributed by atoms with Gasteiger partial charge in [-0.05, 0) is 61.6 Å². The molecule has 0 aromatic heterocycles. The summed E-state index contributed by atoms with van der Waals surface area (Å²) >= 11 is 0. The first-order chi connectivity index (χ1) is 15.7. The number of carbonyl (C=O) groups excluding carboxylic acids is 3. The fraction of sp³-hybridized carbons (Fsp3) is 0.385. The van der Waals surface area contributed by atoms with Crippen molar-refractivity contribution in [1.29, 1.82) is 0 Å². The first-order valence-corrected chi connectivity index (χ1v) is 11.2. The molecule has 33 heavy (non-hydrogen) atoms. The van der Waals surface area contributed by atoms with Crippen LogP contribution in [0.1, 0.15) is 50.9 Å². The van der Waals surface area contributed by atoms with Crippen molar-refractivity contribution >= 4 is 34.7 Å². The molecule has 0 aliphatic heterocycles. The lowest BCUT2D eigenvalue weighted by Gasteiger charge is -2.37. The van der Waals surface area contributed by atoms with E-state index in [9.17, 15) is 14.4 Å². The van der Waals surface area contributed by atoms with Crippen LogP contribution in [-0.4, -0.2) is 30.0 Å². The maximum atomic E-state index is 13.7. The quantitative estimate of drug-likeness (QED) is 0.381. The van der Waals surface area contributed by atoms with Crippen molar-refractivity contribution in [1.82, 2.24) is 0 Å².